The van der Waals surface area contributed by atoms with Gasteiger partial charge in [-0.1, -0.05) is 12.1 Å². The highest BCUT2D eigenvalue weighted by molar-refractivity contribution is 5.94. The van der Waals surface area contributed by atoms with Crippen LogP contribution in [0.15, 0.2) is 48.5 Å². The molecule has 132 valence electrons. The van der Waals surface area contributed by atoms with Gasteiger partial charge >= 0.3 is 0 Å². The number of hydrogen-bond acceptors (Lipinski definition) is 4. The topological polar surface area (TPSA) is 44.8 Å². The summed E-state index contributed by atoms with van der Waals surface area (Å²) >= 11 is 0. The van der Waals surface area contributed by atoms with Crippen LogP contribution in [0.2, 0.25) is 0 Å². The molecule has 0 saturated heterocycles. The van der Waals surface area contributed by atoms with Gasteiger partial charge in [0.15, 0.2) is 0 Å². The second kappa shape index (κ2) is 7.92. The molecular formula is C20H25N3O2. The van der Waals surface area contributed by atoms with Gasteiger partial charge in [-0.2, -0.15) is 0 Å². The summed E-state index contributed by atoms with van der Waals surface area (Å²) in [6, 6.07) is 15.8. The van der Waals surface area contributed by atoms with Crippen LogP contribution in [0, 0.1) is 0 Å². The molecule has 0 radical (unpaired) electrons. The van der Waals surface area contributed by atoms with E-state index in [1.165, 1.54) is 5.69 Å². The molecule has 0 bridgehead atoms. The molecule has 0 saturated carbocycles. The second-order valence-corrected chi connectivity index (χ2v) is 6.01. The summed E-state index contributed by atoms with van der Waals surface area (Å²) in [5, 5.41) is 2.98. The standard InChI is InChI=1S/C20H25N3O2/c1-3-22(4-2)17-11-9-16(10-12-17)21-20(24)15-23-13-14-25-19-8-6-5-7-18(19)23/h5-12H,3-4,13-15H2,1-2H3,(H,21,24). The Hall–Kier alpha value is -2.69. The fourth-order valence-electron chi connectivity index (χ4n) is 3.11. The number of carbonyl (C=O) groups excluding carboxylic acids is 1. The lowest BCUT2D eigenvalue weighted by Crippen LogP contribution is -2.38. The van der Waals surface area contributed by atoms with Crippen molar-refractivity contribution in [3.8, 4) is 5.75 Å². The highest BCUT2D eigenvalue weighted by Crippen LogP contribution is 2.30. The minimum absolute atomic E-state index is 0.0210. The third-order valence-corrected chi connectivity index (χ3v) is 4.44. The number of para-hydroxylation sites is 2. The van der Waals surface area contributed by atoms with Crippen molar-refractivity contribution in [2.24, 2.45) is 0 Å². The first-order chi connectivity index (χ1) is 12.2. The van der Waals surface area contributed by atoms with Crippen LogP contribution in [-0.2, 0) is 4.79 Å². The van der Waals surface area contributed by atoms with Gasteiger partial charge < -0.3 is 19.9 Å². The van der Waals surface area contributed by atoms with E-state index < -0.39 is 0 Å². The van der Waals surface area contributed by atoms with Gasteiger partial charge in [0.1, 0.15) is 12.4 Å². The van der Waals surface area contributed by atoms with Crippen molar-refractivity contribution in [3.05, 3.63) is 48.5 Å². The first kappa shape index (κ1) is 17.1. The lowest BCUT2D eigenvalue weighted by Gasteiger charge is -2.30. The molecule has 0 spiro atoms. The fraction of sp³-hybridized carbons (Fsp3) is 0.350. The summed E-state index contributed by atoms with van der Waals surface area (Å²) in [7, 11) is 0. The van der Waals surface area contributed by atoms with E-state index in [0.717, 1.165) is 30.2 Å². The molecule has 1 aliphatic heterocycles. The van der Waals surface area contributed by atoms with Crippen molar-refractivity contribution < 1.29 is 9.53 Å². The van der Waals surface area contributed by atoms with Gasteiger partial charge in [-0.25, -0.2) is 0 Å². The van der Waals surface area contributed by atoms with Crippen molar-refractivity contribution in [1.82, 2.24) is 0 Å². The maximum atomic E-state index is 12.4. The number of amides is 1. The molecule has 0 aromatic heterocycles. The van der Waals surface area contributed by atoms with Crippen LogP contribution < -0.4 is 19.9 Å². The Morgan fingerprint density at radius 2 is 1.84 bits per heavy atom. The molecule has 0 aliphatic carbocycles. The van der Waals surface area contributed by atoms with Crippen molar-refractivity contribution in [3.63, 3.8) is 0 Å². The highest BCUT2D eigenvalue weighted by atomic mass is 16.5. The van der Waals surface area contributed by atoms with E-state index in [0.29, 0.717) is 19.7 Å². The Morgan fingerprint density at radius 1 is 1.12 bits per heavy atom. The van der Waals surface area contributed by atoms with E-state index in [4.69, 9.17) is 4.74 Å². The molecule has 0 fully saturated rings. The predicted molar refractivity (Wildman–Crippen MR) is 103 cm³/mol. The Bertz CT molecular complexity index is 711. The zero-order valence-electron chi connectivity index (χ0n) is 14.9. The Morgan fingerprint density at radius 3 is 2.56 bits per heavy atom. The minimum Gasteiger partial charge on any atom is -0.490 e. The first-order valence-electron chi connectivity index (χ1n) is 8.83. The Kier molecular flexibility index (Phi) is 5.43. The van der Waals surface area contributed by atoms with Gasteiger partial charge in [0.05, 0.1) is 18.8 Å². The van der Waals surface area contributed by atoms with Crippen LogP contribution in [0.3, 0.4) is 0 Å². The molecule has 0 atom stereocenters. The normalized spacial score (nSPS) is 13.0. The molecular weight excluding hydrogens is 314 g/mol. The predicted octanol–water partition coefficient (Wildman–Crippen LogP) is 3.37. The average Bonchev–Trinajstić information content (AvgIpc) is 2.64. The van der Waals surface area contributed by atoms with E-state index in [1.807, 2.05) is 48.5 Å². The molecule has 5 heteroatoms. The summed E-state index contributed by atoms with van der Waals surface area (Å²) in [5.74, 6) is 0.817. The Labute approximate surface area is 149 Å². The van der Waals surface area contributed by atoms with Gasteiger partial charge in [-0.3, -0.25) is 4.79 Å². The number of fused-ring (bicyclic) bond motifs is 1. The van der Waals surface area contributed by atoms with Gasteiger partial charge in [-0.05, 0) is 50.2 Å². The number of nitrogens with one attached hydrogen (secondary N) is 1. The SMILES string of the molecule is CCN(CC)c1ccc(NC(=O)CN2CCOc3ccccc32)cc1. The fourth-order valence-corrected chi connectivity index (χ4v) is 3.11. The number of rotatable bonds is 6. The number of nitrogens with zero attached hydrogens (tertiary/aromatic N) is 2. The molecule has 1 heterocycles. The van der Waals surface area contributed by atoms with Crippen LogP contribution in [-0.4, -0.2) is 38.7 Å². The highest BCUT2D eigenvalue weighted by Gasteiger charge is 2.19. The third-order valence-electron chi connectivity index (χ3n) is 4.44. The van der Waals surface area contributed by atoms with Crippen LogP contribution in [0.1, 0.15) is 13.8 Å². The molecule has 2 aromatic carbocycles. The number of anilines is 3. The second-order valence-electron chi connectivity index (χ2n) is 6.01. The van der Waals surface area contributed by atoms with Gasteiger partial charge in [0.2, 0.25) is 5.91 Å². The minimum atomic E-state index is -0.0210. The van der Waals surface area contributed by atoms with E-state index in [2.05, 4.69) is 29.0 Å². The summed E-state index contributed by atoms with van der Waals surface area (Å²) in [4.78, 5) is 16.7. The zero-order valence-corrected chi connectivity index (χ0v) is 14.9. The molecule has 1 N–H and O–H groups in total. The lowest BCUT2D eigenvalue weighted by atomic mass is 10.2. The summed E-state index contributed by atoms with van der Waals surface area (Å²) < 4.78 is 5.63. The van der Waals surface area contributed by atoms with Gasteiger partial charge in [0.25, 0.3) is 0 Å². The summed E-state index contributed by atoms with van der Waals surface area (Å²) in [6.07, 6.45) is 0. The van der Waals surface area contributed by atoms with Crippen LogP contribution in [0.25, 0.3) is 0 Å². The first-order valence-corrected chi connectivity index (χ1v) is 8.83. The number of ether oxygens (including phenoxy) is 1. The maximum absolute atomic E-state index is 12.4. The third kappa shape index (κ3) is 4.05. The van der Waals surface area contributed by atoms with Gasteiger partial charge in [0, 0.05) is 24.5 Å². The number of carbonyl (C=O) groups is 1. The van der Waals surface area contributed by atoms with Crippen molar-refractivity contribution in [2.75, 3.05) is 47.9 Å². The smallest absolute Gasteiger partial charge is 0.243 e. The molecule has 0 unspecified atom stereocenters. The number of benzene rings is 2. The van der Waals surface area contributed by atoms with Crippen molar-refractivity contribution >= 4 is 23.0 Å². The largest absolute Gasteiger partial charge is 0.490 e. The molecule has 25 heavy (non-hydrogen) atoms. The zero-order chi connectivity index (χ0) is 17.6. The molecule has 5 nitrogen and oxygen atoms in total. The van der Waals surface area contributed by atoms with E-state index in [1.54, 1.807) is 0 Å². The van der Waals surface area contributed by atoms with Crippen molar-refractivity contribution in [1.29, 1.82) is 0 Å². The van der Waals surface area contributed by atoms with E-state index in [-0.39, 0.29) is 5.91 Å². The van der Waals surface area contributed by atoms with Crippen LogP contribution in [0.5, 0.6) is 5.75 Å². The van der Waals surface area contributed by atoms with E-state index in [9.17, 15) is 4.79 Å². The van der Waals surface area contributed by atoms with Crippen LogP contribution >= 0.6 is 0 Å². The quantitative estimate of drug-likeness (QED) is 0.876. The van der Waals surface area contributed by atoms with Crippen molar-refractivity contribution in [2.45, 2.75) is 13.8 Å². The number of hydrogen-bond donors (Lipinski definition) is 1. The van der Waals surface area contributed by atoms with Gasteiger partial charge in [-0.15, -0.1) is 0 Å². The monoisotopic (exact) mass is 339 g/mol. The summed E-state index contributed by atoms with van der Waals surface area (Å²) in [5.41, 5.74) is 2.97. The molecule has 1 amide bonds. The maximum Gasteiger partial charge on any atom is 0.243 e. The van der Waals surface area contributed by atoms with Crippen LogP contribution in [0.4, 0.5) is 17.1 Å². The molecule has 1 aliphatic rings. The molecule has 3 rings (SSSR count). The summed E-state index contributed by atoms with van der Waals surface area (Å²) in [6.45, 7) is 7.85. The molecule has 2 aromatic rings. The average molecular weight is 339 g/mol. The van der Waals surface area contributed by atoms with E-state index >= 15 is 0 Å². The lowest BCUT2D eigenvalue weighted by molar-refractivity contribution is -0.115. The Balaban J connectivity index is 1.62.